The van der Waals surface area contributed by atoms with Crippen LogP contribution in [0, 0.1) is 5.92 Å². The molecule has 0 saturated heterocycles. The average molecular weight is 381 g/mol. The second-order valence-corrected chi connectivity index (χ2v) is 8.95. The Kier molecular flexibility index (Phi) is 5.18. The average Bonchev–Trinajstić information content (AvgIpc) is 3.09. The van der Waals surface area contributed by atoms with Gasteiger partial charge >= 0.3 is 0 Å². The molecular weight excluding hydrogens is 360 g/mol. The molecule has 1 heterocycles. The Balaban J connectivity index is 1.50. The van der Waals surface area contributed by atoms with Crippen molar-refractivity contribution in [3.63, 3.8) is 0 Å². The topological polar surface area (TPSA) is 42.0 Å². The molecule has 1 N–H and O–H groups in total. The Hall–Kier alpha value is -1.98. The van der Waals surface area contributed by atoms with Crippen molar-refractivity contribution in [2.45, 2.75) is 17.7 Å². The Morgan fingerprint density at radius 2 is 1.88 bits per heavy atom. The maximum absolute atomic E-state index is 12.8. The van der Waals surface area contributed by atoms with E-state index in [1.54, 1.807) is 27.8 Å². The van der Waals surface area contributed by atoms with Gasteiger partial charge in [0.05, 0.1) is 5.52 Å². The lowest BCUT2D eigenvalue weighted by Crippen LogP contribution is -2.29. The monoisotopic (exact) mass is 380 g/mol. The number of amides is 1. The highest BCUT2D eigenvalue weighted by Crippen LogP contribution is 2.34. The van der Waals surface area contributed by atoms with Crippen LogP contribution in [-0.2, 0) is 12.8 Å². The molecule has 0 saturated carbocycles. The standard InChI is InChI=1S/C21H20N2OS2/c1-25-26-19-9-8-18(17-7-4-10-22-20(17)19)21(24)23-13-14-11-15-5-2-3-6-16(15)12-14/h2-10,14H,11-13H2,1H3,(H,23,24). The zero-order chi connectivity index (χ0) is 17.9. The lowest BCUT2D eigenvalue weighted by atomic mass is 10.1. The van der Waals surface area contributed by atoms with Gasteiger partial charge in [0.15, 0.2) is 0 Å². The number of nitrogens with one attached hydrogen (secondary N) is 1. The first-order valence-electron chi connectivity index (χ1n) is 8.69. The fraction of sp³-hybridized carbons (Fsp3) is 0.238. The van der Waals surface area contributed by atoms with Gasteiger partial charge in [-0.3, -0.25) is 9.78 Å². The molecule has 0 bridgehead atoms. The lowest BCUT2D eigenvalue weighted by molar-refractivity contribution is 0.0949. The molecule has 1 aliphatic carbocycles. The van der Waals surface area contributed by atoms with E-state index in [0.717, 1.165) is 28.6 Å². The first-order valence-corrected chi connectivity index (χ1v) is 11.3. The van der Waals surface area contributed by atoms with Crippen molar-refractivity contribution < 1.29 is 4.79 Å². The Bertz CT molecular complexity index is 933. The van der Waals surface area contributed by atoms with E-state index in [4.69, 9.17) is 0 Å². The van der Waals surface area contributed by atoms with E-state index in [1.807, 2.05) is 30.5 Å². The summed E-state index contributed by atoms with van der Waals surface area (Å²) in [5.74, 6) is 0.465. The van der Waals surface area contributed by atoms with Crippen LogP contribution in [0.5, 0.6) is 0 Å². The SMILES string of the molecule is CSSc1ccc(C(=O)NCC2Cc3ccccc3C2)c2cccnc12. The molecule has 1 aromatic heterocycles. The number of hydrogen-bond acceptors (Lipinski definition) is 4. The number of nitrogens with zero attached hydrogens (tertiary/aromatic N) is 1. The molecule has 0 spiro atoms. The van der Waals surface area contributed by atoms with Crippen LogP contribution in [0.15, 0.2) is 59.6 Å². The van der Waals surface area contributed by atoms with E-state index in [1.165, 1.54) is 11.1 Å². The number of rotatable bonds is 5. The molecule has 0 atom stereocenters. The van der Waals surface area contributed by atoms with Crippen molar-refractivity contribution in [1.29, 1.82) is 0 Å². The molecule has 26 heavy (non-hydrogen) atoms. The minimum Gasteiger partial charge on any atom is -0.352 e. The predicted octanol–water partition coefficient (Wildman–Crippen LogP) is 4.75. The Labute approximate surface area is 161 Å². The normalized spacial score (nSPS) is 13.7. The molecule has 1 amide bonds. The van der Waals surface area contributed by atoms with Crippen molar-refractivity contribution >= 4 is 38.4 Å². The van der Waals surface area contributed by atoms with Gasteiger partial charge in [0.2, 0.25) is 0 Å². The van der Waals surface area contributed by atoms with Crippen molar-refractivity contribution in [3.8, 4) is 0 Å². The summed E-state index contributed by atoms with van der Waals surface area (Å²) in [6, 6.07) is 16.3. The smallest absolute Gasteiger partial charge is 0.251 e. The molecular formula is C21H20N2OS2. The summed E-state index contributed by atoms with van der Waals surface area (Å²) in [5.41, 5.74) is 4.43. The van der Waals surface area contributed by atoms with E-state index >= 15 is 0 Å². The number of hydrogen-bond donors (Lipinski definition) is 1. The summed E-state index contributed by atoms with van der Waals surface area (Å²) >= 11 is 0. The molecule has 3 nitrogen and oxygen atoms in total. The zero-order valence-corrected chi connectivity index (χ0v) is 16.2. The number of aromatic nitrogens is 1. The zero-order valence-electron chi connectivity index (χ0n) is 14.6. The maximum Gasteiger partial charge on any atom is 0.251 e. The predicted molar refractivity (Wildman–Crippen MR) is 111 cm³/mol. The second kappa shape index (κ2) is 7.72. The van der Waals surface area contributed by atoms with E-state index < -0.39 is 0 Å². The summed E-state index contributed by atoms with van der Waals surface area (Å²) < 4.78 is 0. The van der Waals surface area contributed by atoms with E-state index in [0.29, 0.717) is 18.0 Å². The third-order valence-electron chi connectivity index (χ3n) is 4.84. The van der Waals surface area contributed by atoms with E-state index in [9.17, 15) is 4.79 Å². The van der Waals surface area contributed by atoms with Crippen LogP contribution in [0.1, 0.15) is 21.5 Å². The van der Waals surface area contributed by atoms with Crippen molar-refractivity contribution in [2.24, 2.45) is 5.92 Å². The van der Waals surface area contributed by atoms with Gasteiger partial charge in [-0.25, -0.2) is 0 Å². The molecule has 2 aromatic carbocycles. The molecule has 0 aliphatic heterocycles. The molecule has 4 rings (SSSR count). The van der Waals surface area contributed by atoms with Gasteiger partial charge in [0.25, 0.3) is 5.91 Å². The maximum atomic E-state index is 12.8. The fourth-order valence-corrected chi connectivity index (χ4v) is 5.12. The minimum atomic E-state index is -0.0142. The quantitative estimate of drug-likeness (QED) is 0.649. The third kappa shape index (κ3) is 3.46. The lowest BCUT2D eigenvalue weighted by Gasteiger charge is -2.13. The molecule has 0 radical (unpaired) electrons. The van der Waals surface area contributed by atoms with Crippen molar-refractivity contribution in [1.82, 2.24) is 10.3 Å². The van der Waals surface area contributed by atoms with Gasteiger partial charge in [-0.1, -0.05) is 51.9 Å². The number of carbonyl (C=O) groups is 1. The summed E-state index contributed by atoms with van der Waals surface area (Å²) in [7, 11) is 3.36. The van der Waals surface area contributed by atoms with Crippen LogP contribution in [0.25, 0.3) is 10.9 Å². The highest BCUT2D eigenvalue weighted by Gasteiger charge is 2.22. The van der Waals surface area contributed by atoms with Gasteiger partial charge in [-0.15, -0.1) is 0 Å². The van der Waals surface area contributed by atoms with Crippen molar-refractivity contribution in [2.75, 3.05) is 12.8 Å². The van der Waals surface area contributed by atoms with E-state index in [-0.39, 0.29) is 5.91 Å². The number of carbonyl (C=O) groups excluding carboxylic acids is 1. The van der Waals surface area contributed by atoms with Gasteiger partial charge in [-0.2, -0.15) is 0 Å². The van der Waals surface area contributed by atoms with Gasteiger partial charge in [0, 0.05) is 28.6 Å². The summed E-state index contributed by atoms with van der Waals surface area (Å²) in [5, 5.41) is 4.06. The molecule has 5 heteroatoms. The largest absolute Gasteiger partial charge is 0.352 e. The first kappa shape index (κ1) is 17.4. The summed E-state index contributed by atoms with van der Waals surface area (Å²) in [6.07, 6.45) is 5.91. The summed E-state index contributed by atoms with van der Waals surface area (Å²) in [4.78, 5) is 18.4. The Morgan fingerprint density at radius 3 is 2.62 bits per heavy atom. The molecule has 132 valence electrons. The third-order valence-corrected chi connectivity index (χ3v) is 6.55. The first-order chi connectivity index (χ1) is 12.8. The van der Waals surface area contributed by atoms with Gasteiger partial charge in [-0.05, 0) is 54.3 Å². The van der Waals surface area contributed by atoms with Crippen LogP contribution < -0.4 is 5.32 Å². The fourth-order valence-electron chi connectivity index (χ4n) is 3.63. The molecule has 0 fully saturated rings. The van der Waals surface area contributed by atoms with Crippen LogP contribution in [0.2, 0.25) is 0 Å². The van der Waals surface area contributed by atoms with Crippen LogP contribution in [0.4, 0.5) is 0 Å². The van der Waals surface area contributed by atoms with Gasteiger partial charge < -0.3 is 5.32 Å². The van der Waals surface area contributed by atoms with Crippen LogP contribution in [0.3, 0.4) is 0 Å². The van der Waals surface area contributed by atoms with Gasteiger partial charge in [0.1, 0.15) is 0 Å². The van der Waals surface area contributed by atoms with Crippen LogP contribution in [-0.4, -0.2) is 23.7 Å². The molecule has 3 aromatic rings. The minimum absolute atomic E-state index is 0.0142. The van der Waals surface area contributed by atoms with Crippen molar-refractivity contribution in [3.05, 3.63) is 71.4 Å². The number of benzene rings is 2. The number of pyridine rings is 1. The second-order valence-electron chi connectivity index (χ2n) is 6.51. The Morgan fingerprint density at radius 1 is 1.12 bits per heavy atom. The highest BCUT2D eigenvalue weighted by atomic mass is 33.1. The number of fused-ring (bicyclic) bond motifs is 2. The van der Waals surface area contributed by atoms with Crippen LogP contribution >= 0.6 is 21.6 Å². The highest BCUT2D eigenvalue weighted by molar-refractivity contribution is 8.76. The van der Waals surface area contributed by atoms with E-state index in [2.05, 4.69) is 34.6 Å². The molecule has 1 aliphatic rings. The summed E-state index contributed by atoms with van der Waals surface area (Å²) in [6.45, 7) is 0.705. The molecule has 0 unspecified atom stereocenters.